The molecule has 0 aliphatic carbocycles. The van der Waals surface area contributed by atoms with Crippen LogP contribution in [0.15, 0.2) is 37.5 Å². The predicted octanol–water partition coefficient (Wildman–Crippen LogP) is 4.99. The molecule has 0 heterocycles. The van der Waals surface area contributed by atoms with Crippen molar-refractivity contribution < 1.29 is 0 Å². The van der Waals surface area contributed by atoms with Crippen molar-refractivity contribution in [3.05, 3.63) is 37.5 Å². The minimum Gasteiger partial charge on any atom is -0.0991 e. The van der Waals surface area contributed by atoms with Crippen LogP contribution in [0, 0.1) is 0 Å². The van der Waals surface area contributed by atoms with Crippen molar-refractivity contribution in [3.63, 3.8) is 0 Å². The first-order valence-corrected chi connectivity index (χ1v) is 4.05. The molecule has 0 spiro atoms. The van der Waals surface area contributed by atoms with Crippen LogP contribution < -0.4 is 0 Å². The van der Waals surface area contributed by atoms with Gasteiger partial charge in [0.05, 0.1) is 0 Å². The summed E-state index contributed by atoms with van der Waals surface area (Å²) in [6, 6.07) is 0. The Kier molecular flexibility index (Phi) is 91.4. The zero-order chi connectivity index (χ0) is 9.54. The minimum absolute atomic E-state index is 0. The molecule has 0 aromatic heterocycles. The molecule has 0 fully saturated rings. The first-order valence-electron chi connectivity index (χ1n) is 4.05. The summed E-state index contributed by atoms with van der Waals surface area (Å²) >= 11 is 0. The minimum atomic E-state index is 0. The molecule has 0 N–H and O–H groups in total. The Morgan fingerprint density at radius 2 is 1.08 bits per heavy atom. The summed E-state index contributed by atoms with van der Waals surface area (Å²) in [4.78, 5) is 0. The number of hydrogen-bond acceptors (Lipinski definition) is 0. The molecule has 0 aromatic rings. The van der Waals surface area contributed by atoms with E-state index in [4.69, 9.17) is 0 Å². The van der Waals surface area contributed by atoms with Crippen LogP contribution in [-0.4, -0.2) is 0 Å². The van der Waals surface area contributed by atoms with Gasteiger partial charge < -0.3 is 0 Å². The van der Waals surface area contributed by atoms with Crippen LogP contribution in [0.5, 0.6) is 0 Å². The third kappa shape index (κ3) is 419. The molecule has 0 bridgehead atoms. The van der Waals surface area contributed by atoms with Gasteiger partial charge in [0, 0.05) is 0 Å². The highest BCUT2D eigenvalue weighted by Crippen LogP contribution is 1.57. The third-order valence-corrected chi connectivity index (χ3v) is 0.500. The second kappa shape index (κ2) is 48.8. The van der Waals surface area contributed by atoms with Crippen LogP contribution in [0.1, 0.15) is 41.5 Å². The van der Waals surface area contributed by atoms with Gasteiger partial charge in [0.1, 0.15) is 0 Å². The van der Waals surface area contributed by atoms with E-state index in [0.29, 0.717) is 0 Å². The number of rotatable bonds is 1. The standard InChI is InChI=1S/C4H8.C4H6.C3H8.CH4/c2*1-3-4-2;1-3-2;/h3-4H,1-2H3;3-4H,1-2H2;3H2,1-2H3;1H4/b4-3-;;;. The van der Waals surface area contributed by atoms with E-state index in [9.17, 15) is 0 Å². The molecule has 0 saturated heterocycles. The van der Waals surface area contributed by atoms with E-state index in [1.54, 1.807) is 12.2 Å². The Morgan fingerprint density at radius 3 is 1.08 bits per heavy atom. The maximum absolute atomic E-state index is 3.36. The molecule has 12 heavy (non-hydrogen) atoms. The van der Waals surface area contributed by atoms with Crippen molar-refractivity contribution in [1.29, 1.82) is 0 Å². The highest BCUT2D eigenvalue weighted by molar-refractivity contribution is 4.88. The van der Waals surface area contributed by atoms with Crippen LogP contribution in [-0.2, 0) is 0 Å². The van der Waals surface area contributed by atoms with Crippen LogP contribution >= 0.6 is 0 Å². The summed E-state index contributed by atoms with van der Waals surface area (Å²) in [5, 5.41) is 0. The quantitative estimate of drug-likeness (QED) is 0.384. The number of allylic oxidation sites excluding steroid dienone is 4. The highest BCUT2D eigenvalue weighted by Gasteiger charge is 1.35. The SMILES string of the molecule is C.C/C=C\C.C=CC=C.CCC. The first kappa shape index (κ1) is 22.5. The highest BCUT2D eigenvalue weighted by atomic mass is 13.4. The molecule has 0 heteroatoms. The van der Waals surface area contributed by atoms with Crippen molar-refractivity contribution in [3.8, 4) is 0 Å². The van der Waals surface area contributed by atoms with Gasteiger partial charge in [-0.15, -0.1) is 0 Å². The van der Waals surface area contributed by atoms with E-state index in [2.05, 4.69) is 27.0 Å². The van der Waals surface area contributed by atoms with E-state index < -0.39 is 0 Å². The molecule has 0 rings (SSSR count). The zero-order valence-corrected chi connectivity index (χ0v) is 8.43. The summed E-state index contributed by atoms with van der Waals surface area (Å²) in [5.74, 6) is 0. The van der Waals surface area contributed by atoms with E-state index in [1.165, 1.54) is 6.42 Å². The molecule has 0 amide bonds. The lowest BCUT2D eigenvalue weighted by Crippen LogP contribution is -1.27. The molecule has 0 aliphatic heterocycles. The summed E-state index contributed by atoms with van der Waals surface area (Å²) in [7, 11) is 0. The average Bonchev–Trinajstić information content (AvgIpc) is 2.06. The fourth-order valence-electron chi connectivity index (χ4n) is 0. The van der Waals surface area contributed by atoms with E-state index in [0.717, 1.165) is 0 Å². The molecule has 0 atom stereocenters. The largest absolute Gasteiger partial charge is 0.0991 e. The monoisotopic (exact) mass is 170 g/mol. The van der Waals surface area contributed by atoms with Gasteiger partial charge in [-0.25, -0.2) is 0 Å². The molecule has 0 saturated carbocycles. The average molecular weight is 170 g/mol. The van der Waals surface area contributed by atoms with Crippen LogP contribution in [0.25, 0.3) is 0 Å². The second-order valence-electron chi connectivity index (χ2n) is 1.85. The number of hydrogen-bond donors (Lipinski definition) is 0. The lowest BCUT2D eigenvalue weighted by molar-refractivity contribution is 1.09. The second-order valence-corrected chi connectivity index (χ2v) is 1.85. The Balaban J connectivity index is -0.0000000389. The molecule has 0 aliphatic rings. The van der Waals surface area contributed by atoms with Crippen molar-refractivity contribution in [1.82, 2.24) is 0 Å². The first-order chi connectivity index (χ1) is 5.24. The topological polar surface area (TPSA) is 0 Å². The molecule has 0 aromatic carbocycles. The predicted molar refractivity (Wildman–Crippen MR) is 63.6 cm³/mol. The maximum atomic E-state index is 3.36. The van der Waals surface area contributed by atoms with Gasteiger partial charge >= 0.3 is 0 Å². The normalized spacial score (nSPS) is 6.33. The van der Waals surface area contributed by atoms with Gasteiger partial charge in [-0.2, -0.15) is 0 Å². The third-order valence-electron chi connectivity index (χ3n) is 0.500. The Labute approximate surface area is 79.7 Å². The Bertz CT molecular complexity index is 68.0. The lowest BCUT2D eigenvalue weighted by Gasteiger charge is -1.49. The summed E-state index contributed by atoms with van der Waals surface area (Å²) in [5.41, 5.74) is 0. The van der Waals surface area contributed by atoms with Crippen LogP contribution in [0.3, 0.4) is 0 Å². The maximum Gasteiger partial charge on any atom is -0.0470 e. The van der Waals surface area contributed by atoms with Gasteiger partial charge in [-0.3, -0.25) is 0 Å². The molecular weight excluding hydrogens is 144 g/mol. The van der Waals surface area contributed by atoms with E-state index in [1.807, 2.05) is 26.0 Å². The van der Waals surface area contributed by atoms with Crippen molar-refractivity contribution in [2.45, 2.75) is 41.5 Å². The van der Waals surface area contributed by atoms with Gasteiger partial charge in [-0.05, 0) is 13.8 Å². The van der Waals surface area contributed by atoms with E-state index in [-0.39, 0.29) is 7.43 Å². The molecule has 0 unspecified atom stereocenters. The summed E-state index contributed by atoms with van der Waals surface area (Å²) < 4.78 is 0. The molecule has 0 nitrogen and oxygen atoms in total. The summed E-state index contributed by atoms with van der Waals surface area (Å²) in [6.45, 7) is 15.0. The molecule has 74 valence electrons. The zero-order valence-electron chi connectivity index (χ0n) is 8.43. The van der Waals surface area contributed by atoms with Gasteiger partial charge in [0.15, 0.2) is 0 Å². The molecular formula is C12H26. The van der Waals surface area contributed by atoms with Gasteiger partial charge in [-0.1, -0.05) is 65.2 Å². The van der Waals surface area contributed by atoms with Crippen molar-refractivity contribution >= 4 is 0 Å². The van der Waals surface area contributed by atoms with Crippen molar-refractivity contribution in [2.24, 2.45) is 0 Å². The lowest BCUT2D eigenvalue weighted by atomic mass is 10.6. The summed E-state index contributed by atoms with van der Waals surface area (Å²) in [6.07, 6.45) is 8.53. The van der Waals surface area contributed by atoms with Crippen LogP contribution in [0.2, 0.25) is 0 Å². The Morgan fingerprint density at radius 1 is 0.917 bits per heavy atom. The van der Waals surface area contributed by atoms with E-state index >= 15 is 0 Å². The smallest absolute Gasteiger partial charge is 0.0470 e. The fourth-order valence-corrected chi connectivity index (χ4v) is 0. The molecule has 0 radical (unpaired) electrons. The van der Waals surface area contributed by atoms with Gasteiger partial charge in [0.2, 0.25) is 0 Å². The van der Waals surface area contributed by atoms with Crippen molar-refractivity contribution in [2.75, 3.05) is 0 Å². The van der Waals surface area contributed by atoms with Crippen LogP contribution in [0.4, 0.5) is 0 Å². The fraction of sp³-hybridized carbons (Fsp3) is 0.500. The van der Waals surface area contributed by atoms with Gasteiger partial charge in [0.25, 0.3) is 0 Å². The Hall–Kier alpha value is -0.780.